The molecule has 0 fully saturated rings. The molecule has 1 aromatic heterocycles. The Labute approximate surface area is 178 Å². The molecule has 3 aromatic rings. The van der Waals surface area contributed by atoms with Crippen LogP contribution in [0.5, 0.6) is 5.75 Å². The van der Waals surface area contributed by atoms with Crippen molar-refractivity contribution in [3.05, 3.63) is 69.9 Å². The molecule has 0 unspecified atom stereocenters. The highest BCUT2D eigenvalue weighted by molar-refractivity contribution is 5.89. The fraction of sp³-hybridized carbons (Fsp3) is 0.190. The number of nitro groups is 1. The molecule has 0 aliphatic heterocycles. The Hall–Kier alpha value is -4.21. The Bertz CT molecular complexity index is 1100. The smallest absolute Gasteiger partial charge is 0.338 e. The van der Waals surface area contributed by atoms with Crippen LogP contribution in [0.2, 0.25) is 0 Å². The lowest BCUT2D eigenvalue weighted by molar-refractivity contribution is -0.385. The number of anilines is 4. The number of hydrogen-bond acceptors (Lipinski definition) is 9. The van der Waals surface area contributed by atoms with Crippen LogP contribution in [0.4, 0.5) is 28.8 Å². The summed E-state index contributed by atoms with van der Waals surface area (Å²) in [5.41, 5.74) is 1.48. The van der Waals surface area contributed by atoms with Gasteiger partial charge in [0.2, 0.25) is 11.8 Å². The van der Waals surface area contributed by atoms with Gasteiger partial charge in [0.15, 0.2) is 0 Å². The third-order valence-corrected chi connectivity index (χ3v) is 4.25. The van der Waals surface area contributed by atoms with Crippen LogP contribution >= 0.6 is 0 Å². The van der Waals surface area contributed by atoms with Crippen molar-refractivity contribution < 1.29 is 19.2 Å². The summed E-state index contributed by atoms with van der Waals surface area (Å²) >= 11 is 0. The molecule has 3 rings (SSSR count). The first-order valence-electron chi connectivity index (χ1n) is 9.40. The fourth-order valence-electron chi connectivity index (χ4n) is 2.84. The monoisotopic (exact) mass is 423 g/mol. The molecular weight excluding hydrogens is 402 g/mol. The minimum absolute atomic E-state index is 0.0210. The molecule has 10 nitrogen and oxygen atoms in total. The summed E-state index contributed by atoms with van der Waals surface area (Å²) in [5.74, 6) is 0.272. The lowest BCUT2D eigenvalue weighted by atomic mass is 10.2. The molecule has 0 saturated carbocycles. The Morgan fingerprint density at radius 3 is 2.45 bits per heavy atom. The zero-order valence-electron chi connectivity index (χ0n) is 17.2. The van der Waals surface area contributed by atoms with Crippen LogP contribution in [-0.4, -0.2) is 34.6 Å². The highest BCUT2D eigenvalue weighted by atomic mass is 16.6. The first-order chi connectivity index (χ1) is 14.9. The van der Waals surface area contributed by atoms with Gasteiger partial charge in [0, 0.05) is 5.69 Å². The van der Waals surface area contributed by atoms with Crippen molar-refractivity contribution in [1.29, 1.82) is 0 Å². The molecule has 160 valence electrons. The highest BCUT2D eigenvalue weighted by Gasteiger charge is 2.23. The van der Waals surface area contributed by atoms with E-state index in [2.05, 4.69) is 20.6 Å². The first kappa shape index (κ1) is 21.5. The van der Waals surface area contributed by atoms with Gasteiger partial charge in [-0.2, -0.15) is 4.98 Å². The van der Waals surface area contributed by atoms with Crippen LogP contribution < -0.4 is 15.4 Å². The van der Waals surface area contributed by atoms with E-state index in [9.17, 15) is 14.9 Å². The van der Waals surface area contributed by atoms with Gasteiger partial charge in [0.1, 0.15) is 11.4 Å². The van der Waals surface area contributed by atoms with Crippen molar-refractivity contribution >= 4 is 34.8 Å². The SMILES string of the molecule is CCOC(=O)c1ccc(Nc2nc(C)c([N+](=O)[O-])c(Nc3ccccc3OC)n2)cc1. The summed E-state index contributed by atoms with van der Waals surface area (Å²) in [6, 6.07) is 13.6. The Morgan fingerprint density at radius 2 is 1.81 bits per heavy atom. The van der Waals surface area contributed by atoms with Crippen LogP contribution in [0.25, 0.3) is 0 Å². The largest absolute Gasteiger partial charge is 0.495 e. The van der Waals surface area contributed by atoms with Gasteiger partial charge in [-0.3, -0.25) is 10.1 Å². The second kappa shape index (κ2) is 9.53. The first-order valence-corrected chi connectivity index (χ1v) is 9.40. The molecule has 0 amide bonds. The lowest BCUT2D eigenvalue weighted by Gasteiger charge is -2.13. The highest BCUT2D eigenvalue weighted by Crippen LogP contribution is 2.33. The average molecular weight is 423 g/mol. The molecular formula is C21H21N5O5. The van der Waals surface area contributed by atoms with Gasteiger partial charge in [-0.1, -0.05) is 12.1 Å². The van der Waals surface area contributed by atoms with E-state index in [1.807, 2.05) is 0 Å². The maximum Gasteiger partial charge on any atom is 0.338 e. The molecule has 0 saturated heterocycles. The number of nitrogens with zero attached hydrogens (tertiary/aromatic N) is 3. The lowest BCUT2D eigenvalue weighted by Crippen LogP contribution is -2.08. The summed E-state index contributed by atoms with van der Waals surface area (Å²) in [6.45, 7) is 3.55. The van der Waals surface area contributed by atoms with E-state index < -0.39 is 10.9 Å². The Balaban J connectivity index is 1.91. The van der Waals surface area contributed by atoms with Crippen molar-refractivity contribution in [3.63, 3.8) is 0 Å². The number of methoxy groups -OCH3 is 1. The van der Waals surface area contributed by atoms with E-state index in [-0.39, 0.29) is 29.8 Å². The van der Waals surface area contributed by atoms with Crippen molar-refractivity contribution in [2.24, 2.45) is 0 Å². The second-order valence-corrected chi connectivity index (χ2v) is 6.34. The zero-order valence-corrected chi connectivity index (χ0v) is 17.2. The second-order valence-electron chi connectivity index (χ2n) is 6.34. The molecule has 0 aliphatic carbocycles. The van der Waals surface area contributed by atoms with Gasteiger partial charge in [-0.25, -0.2) is 9.78 Å². The number of carbonyl (C=O) groups is 1. The molecule has 31 heavy (non-hydrogen) atoms. The molecule has 0 aliphatic rings. The van der Waals surface area contributed by atoms with Crippen molar-refractivity contribution in [3.8, 4) is 5.75 Å². The van der Waals surface area contributed by atoms with E-state index in [4.69, 9.17) is 9.47 Å². The van der Waals surface area contributed by atoms with Crippen molar-refractivity contribution in [1.82, 2.24) is 9.97 Å². The molecule has 2 aromatic carbocycles. The Morgan fingerprint density at radius 1 is 1.10 bits per heavy atom. The molecule has 2 N–H and O–H groups in total. The number of aromatic nitrogens is 2. The molecule has 1 heterocycles. The fourth-order valence-corrected chi connectivity index (χ4v) is 2.84. The molecule has 0 atom stereocenters. The maximum absolute atomic E-state index is 11.8. The van der Waals surface area contributed by atoms with Crippen LogP contribution in [0.3, 0.4) is 0 Å². The normalized spacial score (nSPS) is 10.3. The standard InChI is InChI=1S/C21H21N5O5/c1-4-31-20(27)14-9-11-15(12-10-14)23-21-22-13(2)18(26(28)29)19(25-21)24-16-7-5-6-8-17(16)30-3/h5-12H,4H2,1-3H3,(H2,22,23,24,25). The predicted molar refractivity (Wildman–Crippen MR) is 115 cm³/mol. The van der Waals surface area contributed by atoms with E-state index in [0.717, 1.165) is 0 Å². The third-order valence-electron chi connectivity index (χ3n) is 4.25. The van der Waals surface area contributed by atoms with Crippen molar-refractivity contribution in [2.75, 3.05) is 24.4 Å². The number of ether oxygens (including phenoxy) is 2. The zero-order chi connectivity index (χ0) is 22.4. The van der Waals surface area contributed by atoms with E-state index in [1.165, 1.54) is 14.0 Å². The molecule has 0 spiro atoms. The van der Waals surface area contributed by atoms with Gasteiger partial charge in [0.25, 0.3) is 0 Å². The molecule has 0 bridgehead atoms. The van der Waals surface area contributed by atoms with E-state index in [0.29, 0.717) is 22.7 Å². The summed E-state index contributed by atoms with van der Waals surface area (Å²) in [6.07, 6.45) is 0. The minimum atomic E-state index is -0.537. The average Bonchev–Trinajstić information content (AvgIpc) is 2.74. The maximum atomic E-state index is 11.8. The number of benzene rings is 2. The summed E-state index contributed by atoms with van der Waals surface area (Å²) in [5, 5.41) is 17.6. The quantitative estimate of drug-likeness (QED) is 0.308. The van der Waals surface area contributed by atoms with Gasteiger partial charge >= 0.3 is 11.7 Å². The summed E-state index contributed by atoms with van der Waals surface area (Å²) in [7, 11) is 1.51. The van der Waals surface area contributed by atoms with E-state index >= 15 is 0 Å². The minimum Gasteiger partial charge on any atom is -0.495 e. The van der Waals surface area contributed by atoms with Crippen LogP contribution in [0.1, 0.15) is 23.0 Å². The topological polar surface area (TPSA) is 129 Å². The molecule has 10 heteroatoms. The van der Waals surface area contributed by atoms with Gasteiger partial charge < -0.3 is 20.1 Å². The molecule has 0 radical (unpaired) electrons. The van der Waals surface area contributed by atoms with Crippen molar-refractivity contribution in [2.45, 2.75) is 13.8 Å². The number of carbonyl (C=O) groups excluding carboxylic acids is 1. The van der Waals surface area contributed by atoms with Gasteiger partial charge in [-0.15, -0.1) is 0 Å². The number of hydrogen-bond donors (Lipinski definition) is 2. The number of rotatable bonds is 8. The summed E-state index contributed by atoms with van der Waals surface area (Å²) < 4.78 is 10.3. The number of nitrogens with one attached hydrogen (secondary N) is 2. The predicted octanol–water partition coefficient (Wildman–Crippen LogP) is 4.37. The van der Waals surface area contributed by atoms with Gasteiger partial charge in [0.05, 0.1) is 29.9 Å². The van der Waals surface area contributed by atoms with E-state index in [1.54, 1.807) is 55.5 Å². The summed E-state index contributed by atoms with van der Waals surface area (Å²) in [4.78, 5) is 31.3. The number of para-hydroxylation sites is 2. The van der Waals surface area contributed by atoms with Crippen LogP contribution in [0, 0.1) is 17.0 Å². The van der Waals surface area contributed by atoms with Gasteiger partial charge in [-0.05, 0) is 50.2 Å². The van der Waals surface area contributed by atoms with Crippen LogP contribution in [-0.2, 0) is 4.74 Å². The Kier molecular flexibility index (Phi) is 6.61. The van der Waals surface area contributed by atoms with Crippen LogP contribution in [0.15, 0.2) is 48.5 Å². The number of aryl methyl sites for hydroxylation is 1. The number of esters is 1. The third kappa shape index (κ3) is 5.04.